The monoisotopic (exact) mass is 267 g/mol. The fraction of sp³-hybridized carbons (Fsp3) is 0.455. The van der Waals surface area contributed by atoms with E-state index in [0.29, 0.717) is 12.5 Å². The molecule has 0 aliphatic rings. The van der Waals surface area contributed by atoms with Gasteiger partial charge >= 0.3 is 0 Å². The molecule has 0 aliphatic carbocycles. The first kappa shape index (κ1) is 12.0. The second-order valence-electron chi connectivity index (χ2n) is 3.53. The van der Waals surface area contributed by atoms with Crippen LogP contribution in [0.1, 0.15) is 20.3 Å². The largest absolute Gasteiger partial charge is 0.353 e. The van der Waals surface area contributed by atoms with E-state index in [1.807, 2.05) is 12.1 Å². The van der Waals surface area contributed by atoms with Gasteiger partial charge in [-0.15, -0.1) is 0 Å². The SMILES string of the molecule is CC(C)N(CCC#N)c1ccc(Br)cn1. The van der Waals surface area contributed by atoms with Gasteiger partial charge in [-0.3, -0.25) is 0 Å². The molecule has 0 N–H and O–H groups in total. The van der Waals surface area contributed by atoms with Crippen LogP contribution in [0.3, 0.4) is 0 Å². The molecule has 1 heterocycles. The number of pyridine rings is 1. The van der Waals surface area contributed by atoms with E-state index in [9.17, 15) is 0 Å². The van der Waals surface area contributed by atoms with Crippen molar-refractivity contribution in [1.29, 1.82) is 5.26 Å². The van der Waals surface area contributed by atoms with Crippen LogP contribution in [0.25, 0.3) is 0 Å². The minimum atomic E-state index is 0.354. The van der Waals surface area contributed by atoms with Crippen LogP contribution >= 0.6 is 15.9 Å². The van der Waals surface area contributed by atoms with E-state index in [2.05, 4.69) is 45.7 Å². The minimum absolute atomic E-state index is 0.354. The maximum absolute atomic E-state index is 8.58. The van der Waals surface area contributed by atoms with Gasteiger partial charge in [0, 0.05) is 23.3 Å². The summed E-state index contributed by atoms with van der Waals surface area (Å²) in [6.07, 6.45) is 2.30. The number of nitriles is 1. The van der Waals surface area contributed by atoms with Crippen molar-refractivity contribution in [2.75, 3.05) is 11.4 Å². The first-order valence-electron chi connectivity index (χ1n) is 4.90. The lowest BCUT2D eigenvalue weighted by molar-refractivity contribution is 0.677. The van der Waals surface area contributed by atoms with Crippen molar-refractivity contribution in [3.63, 3.8) is 0 Å². The molecule has 15 heavy (non-hydrogen) atoms. The average Bonchev–Trinajstić information content (AvgIpc) is 2.21. The minimum Gasteiger partial charge on any atom is -0.353 e. The van der Waals surface area contributed by atoms with Crippen molar-refractivity contribution in [2.45, 2.75) is 26.3 Å². The molecule has 0 atom stereocenters. The second-order valence-corrected chi connectivity index (χ2v) is 4.45. The van der Waals surface area contributed by atoms with Gasteiger partial charge in [-0.25, -0.2) is 4.98 Å². The summed E-state index contributed by atoms with van der Waals surface area (Å²) in [7, 11) is 0. The molecule has 1 aromatic rings. The fourth-order valence-corrected chi connectivity index (χ4v) is 1.58. The van der Waals surface area contributed by atoms with Crippen LogP contribution in [0.2, 0.25) is 0 Å². The lowest BCUT2D eigenvalue weighted by atomic mass is 10.3. The Morgan fingerprint density at radius 1 is 1.53 bits per heavy atom. The normalized spacial score (nSPS) is 10.1. The molecule has 0 bridgehead atoms. The molecule has 4 heteroatoms. The van der Waals surface area contributed by atoms with Crippen LogP contribution in [0.15, 0.2) is 22.8 Å². The van der Waals surface area contributed by atoms with Gasteiger partial charge in [-0.2, -0.15) is 5.26 Å². The predicted octanol–water partition coefficient (Wildman–Crippen LogP) is 2.97. The summed E-state index contributed by atoms with van der Waals surface area (Å²) in [6, 6.07) is 6.43. The molecule has 0 saturated heterocycles. The Morgan fingerprint density at radius 2 is 2.27 bits per heavy atom. The molecule has 0 spiro atoms. The van der Waals surface area contributed by atoms with E-state index in [-0.39, 0.29) is 0 Å². The zero-order valence-electron chi connectivity index (χ0n) is 8.94. The first-order chi connectivity index (χ1) is 7.15. The van der Waals surface area contributed by atoms with Crippen LogP contribution in [0.5, 0.6) is 0 Å². The highest BCUT2D eigenvalue weighted by Gasteiger charge is 2.10. The third-order valence-corrected chi connectivity index (χ3v) is 2.56. The van der Waals surface area contributed by atoms with Crippen LogP contribution < -0.4 is 4.90 Å². The molecule has 3 nitrogen and oxygen atoms in total. The molecular formula is C11H14BrN3. The Kier molecular flexibility index (Phi) is 4.57. The molecular weight excluding hydrogens is 254 g/mol. The number of aromatic nitrogens is 1. The Balaban J connectivity index is 2.80. The van der Waals surface area contributed by atoms with E-state index in [1.165, 1.54) is 0 Å². The smallest absolute Gasteiger partial charge is 0.128 e. The number of halogens is 1. The van der Waals surface area contributed by atoms with Crippen molar-refractivity contribution in [3.05, 3.63) is 22.8 Å². The summed E-state index contributed by atoms with van der Waals surface area (Å²) in [4.78, 5) is 6.44. The van der Waals surface area contributed by atoms with Crippen LogP contribution in [0, 0.1) is 11.3 Å². The lowest BCUT2D eigenvalue weighted by Crippen LogP contribution is -2.32. The standard InChI is InChI=1S/C11H14BrN3/c1-9(2)15(7-3-6-13)11-5-4-10(12)8-14-11/h4-5,8-9H,3,7H2,1-2H3. The van der Waals surface area contributed by atoms with Gasteiger partial charge in [-0.05, 0) is 41.9 Å². The highest BCUT2D eigenvalue weighted by atomic mass is 79.9. The quantitative estimate of drug-likeness (QED) is 0.842. The Hall–Kier alpha value is -1.08. The van der Waals surface area contributed by atoms with E-state index < -0.39 is 0 Å². The Bertz CT molecular complexity index is 340. The maximum Gasteiger partial charge on any atom is 0.128 e. The van der Waals surface area contributed by atoms with Crippen molar-refractivity contribution in [1.82, 2.24) is 4.98 Å². The number of rotatable bonds is 4. The first-order valence-corrected chi connectivity index (χ1v) is 5.69. The summed E-state index contributed by atoms with van der Waals surface area (Å²) in [5.74, 6) is 0.920. The maximum atomic E-state index is 8.58. The number of hydrogen-bond donors (Lipinski definition) is 0. The van der Waals surface area contributed by atoms with E-state index in [4.69, 9.17) is 5.26 Å². The predicted molar refractivity (Wildman–Crippen MR) is 64.6 cm³/mol. The van der Waals surface area contributed by atoms with E-state index in [1.54, 1.807) is 6.20 Å². The van der Waals surface area contributed by atoms with Gasteiger partial charge in [-0.1, -0.05) is 0 Å². The molecule has 0 fully saturated rings. The third kappa shape index (κ3) is 3.52. The van der Waals surface area contributed by atoms with Gasteiger partial charge in [0.2, 0.25) is 0 Å². The summed E-state index contributed by atoms with van der Waals surface area (Å²) in [6.45, 7) is 4.92. The topological polar surface area (TPSA) is 39.9 Å². The molecule has 0 radical (unpaired) electrons. The van der Waals surface area contributed by atoms with Crippen LogP contribution in [0.4, 0.5) is 5.82 Å². The summed E-state index contributed by atoms with van der Waals surface area (Å²) < 4.78 is 0.968. The molecule has 80 valence electrons. The molecule has 0 unspecified atom stereocenters. The van der Waals surface area contributed by atoms with Gasteiger partial charge < -0.3 is 4.90 Å². The number of anilines is 1. The van der Waals surface area contributed by atoms with Gasteiger partial charge in [0.1, 0.15) is 5.82 Å². The van der Waals surface area contributed by atoms with Gasteiger partial charge in [0.25, 0.3) is 0 Å². The van der Waals surface area contributed by atoms with E-state index in [0.717, 1.165) is 16.8 Å². The molecule has 0 saturated carbocycles. The van der Waals surface area contributed by atoms with Crippen LogP contribution in [-0.4, -0.2) is 17.6 Å². The third-order valence-electron chi connectivity index (χ3n) is 2.09. The fourth-order valence-electron chi connectivity index (χ4n) is 1.35. The van der Waals surface area contributed by atoms with Gasteiger partial charge in [0.15, 0.2) is 0 Å². The van der Waals surface area contributed by atoms with Crippen LogP contribution in [-0.2, 0) is 0 Å². The van der Waals surface area contributed by atoms with Crippen molar-refractivity contribution in [3.8, 4) is 6.07 Å². The number of nitrogens with zero attached hydrogens (tertiary/aromatic N) is 3. The average molecular weight is 268 g/mol. The van der Waals surface area contributed by atoms with Crippen molar-refractivity contribution >= 4 is 21.7 Å². The Morgan fingerprint density at radius 3 is 2.73 bits per heavy atom. The molecule has 0 amide bonds. The van der Waals surface area contributed by atoms with Crippen molar-refractivity contribution in [2.24, 2.45) is 0 Å². The van der Waals surface area contributed by atoms with E-state index >= 15 is 0 Å². The number of hydrogen-bond acceptors (Lipinski definition) is 3. The summed E-state index contributed by atoms with van der Waals surface area (Å²) in [5, 5.41) is 8.58. The van der Waals surface area contributed by atoms with Gasteiger partial charge in [0.05, 0.1) is 12.5 Å². The Labute approximate surface area is 98.9 Å². The summed E-state index contributed by atoms with van der Waals surface area (Å²) >= 11 is 3.35. The van der Waals surface area contributed by atoms with Crippen molar-refractivity contribution < 1.29 is 0 Å². The highest BCUT2D eigenvalue weighted by molar-refractivity contribution is 9.10. The molecule has 1 aromatic heterocycles. The molecule has 1 rings (SSSR count). The molecule has 0 aliphatic heterocycles. The second kappa shape index (κ2) is 5.72. The zero-order chi connectivity index (χ0) is 11.3. The highest BCUT2D eigenvalue weighted by Crippen LogP contribution is 2.17. The lowest BCUT2D eigenvalue weighted by Gasteiger charge is -2.26. The molecule has 0 aromatic carbocycles. The summed E-state index contributed by atoms with van der Waals surface area (Å²) in [5.41, 5.74) is 0. The zero-order valence-corrected chi connectivity index (χ0v) is 10.5.